The smallest absolute Gasteiger partial charge is 0.322 e. The lowest BCUT2D eigenvalue weighted by atomic mass is 10.1. The highest BCUT2D eigenvalue weighted by molar-refractivity contribution is 6.31. The fourth-order valence-corrected chi connectivity index (χ4v) is 2.91. The number of aromatic amines is 2. The maximum atomic E-state index is 12.3. The normalized spacial score (nSPS) is 11.1. The van der Waals surface area contributed by atoms with Crippen molar-refractivity contribution < 1.29 is 0 Å². The predicted molar refractivity (Wildman–Crippen MR) is 99.3 cm³/mol. The van der Waals surface area contributed by atoms with Crippen LogP contribution < -0.4 is 22.2 Å². The Hall–Kier alpha value is -3.39. The summed E-state index contributed by atoms with van der Waals surface area (Å²) in [6, 6.07) is 10.0. The van der Waals surface area contributed by atoms with Gasteiger partial charge in [-0.3, -0.25) is 14.6 Å². The fraction of sp³-hybridized carbons (Fsp3) is 0.0588. The van der Waals surface area contributed by atoms with E-state index in [1.165, 1.54) is 6.20 Å². The molecule has 0 saturated heterocycles. The molecule has 0 aliphatic heterocycles. The van der Waals surface area contributed by atoms with Crippen LogP contribution in [0.2, 0.25) is 5.02 Å². The summed E-state index contributed by atoms with van der Waals surface area (Å²) in [5.41, 5.74) is 2.61. The van der Waals surface area contributed by atoms with Crippen LogP contribution in [-0.2, 0) is 6.54 Å². The Morgan fingerprint density at radius 3 is 2.77 bits per heavy atom. The molecule has 0 unspecified atom stereocenters. The Bertz CT molecular complexity index is 1320. The fourth-order valence-electron chi connectivity index (χ4n) is 2.73. The lowest BCUT2D eigenvalue weighted by Gasteiger charge is -2.11. The maximum Gasteiger partial charge on any atom is 0.348 e. The third-order valence-electron chi connectivity index (χ3n) is 3.98. The first-order valence-corrected chi connectivity index (χ1v) is 8.06. The first-order valence-electron chi connectivity index (χ1n) is 7.68. The second-order valence-corrected chi connectivity index (χ2v) is 6.10. The third-order valence-corrected chi connectivity index (χ3v) is 4.21. The largest absolute Gasteiger partial charge is 0.348 e. The van der Waals surface area contributed by atoms with Gasteiger partial charge in [0.05, 0.1) is 11.9 Å². The summed E-state index contributed by atoms with van der Waals surface area (Å²) in [5.74, 6) is 0. The van der Waals surface area contributed by atoms with Gasteiger partial charge in [0.25, 0.3) is 11.1 Å². The molecule has 4 rings (SSSR count). The highest BCUT2D eigenvalue weighted by Crippen LogP contribution is 2.17. The summed E-state index contributed by atoms with van der Waals surface area (Å²) in [6.07, 6.45) is 1.48. The van der Waals surface area contributed by atoms with Crippen LogP contribution in [-0.4, -0.2) is 19.6 Å². The topological polar surface area (TPSA) is 113 Å². The van der Waals surface area contributed by atoms with Crippen LogP contribution in [0.3, 0.4) is 0 Å². The van der Waals surface area contributed by atoms with E-state index in [1.807, 2.05) is 0 Å². The van der Waals surface area contributed by atoms with Crippen molar-refractivity contribution in [2.75, 3.05) is 5.43 Å². The number of H-pyrrole nitrogens is 2. The zero-order valence-corrected chi connectivity index (χ0v) is 14.0. The van der Waals surface area contributed by atoms with E-state index in [2.05, 4.69) is 20.4 Å². The van der Waals surface area contributed by atoms with Crippen molar-refractivity contribution in [1.29, 1.82) is 0 Å². The molecule has 3 N–H and O–H groups in total. The minimum absolute atomic E-state index is 0.0510. The Balaban J connectivity index is 1.76. The minimum Gasteiger partial charge on any atom is -0.322 e. The van der Waals surface area contributed by atoms with Gasteiger partial charge < -0.3 is 10.4 Å². The number of halogens is 1. The van der Waals surface area contributed by atoms with E-state index in [-0.39, 0.29) is 23.1 Å². The second-order valence-electron chi connectivity index (χ2n) is 5.66. The summed E-state index contributed by atoms with van der Waals surface area (Å²) in [5, 5.41) is 1.58. The molecule has 0 bridgehead atoms. The first-order chi connectivity index (χ1) is 12.5. The molecule has 0 aliphatic carbocycles. The molecule has 26 heavy (non-hydrogen) atoms. The molecule has 1 aromatic carbocycles. The molecule has 0 atom stereocenters. The SMILES string of the molecule is O=c1[nH]c2ccc(Cl)cc2cc1CNn1c(=O)[nH]c(=O)c2cccnc21. The quantitative estimate of drug-likeness (QED) is 0.504. The predicted octanol–water partition coefficient (Wildman–Crippen LogP) is 1.32. The van der Waals surface area contributed by atoms with Gasteiger partial charge in [0.2, 0.25) is 0 Å². The molecule has 130 valence electrons. The number of nitrogens with zero attached hydrogens (tertiary/aromatic N) is 2. The molecule has 8 nitrogen and oxygen atoms in total. The van der Waals surface area contributed by atoms with E-state index < -0.39 is 11.2 Å². The Kier molecular flexibility index (Phi) is 3.81. The summed E-state index contributed by atoms with van der Waals surface area (Å²) in [6.45, 7) is 0.0510. The lowest BCUT2D eigenvalue weighted by molar-refractivity contribution is 0.782. The van der Waals surface area contributed by atoms with Crippen molar-refractivity contribution in [1.82, 2.24) is 19.6 Å². The molecule has 0 fully saturated rings. The Labute approximate surface area is 150 Å². The zero-order chi connectivity index (χ0) is 18.3. The van der Waals surface area contributed by atoms with Gasteiger partial charge in [-0.05, 0) is 36.4 Å². The summed E-state index contributed by atoms with van der Waals surface area (Å²) in [4.78, 5) is 45.3. The molecule has 3 heterocycles. The highest BCUT2D eigenvalue weighted by Gasteiger charge is 2.09. The van der Waals surface area contributed by atoms with Crippen LogP contribution in [0.15, 0.2) is 57.0 Å². The molecule has 9 heteroatoms. The number of hydrogen-bond acceptors (Lipinski definition) is 5. The van der Waals surface area contributed by atoms with Gasteiger partial charge in [0, 0.05) is 27.7 Å². The molecule has 4 aromatic rings. The average Bonchev–Trinajstić information content (AvgIpc) is 2.62. The van der Waals surface area contributed by atoms with Crippen molar-refractivity contribution in [3.8, 4) is 0 Å². The lowest BCUT2D eigenvalue weighted by Crippen LogP contribution is -2.36. The Morgan fingerprint density at radius 1 is 1.08 bits per heavy atom. The van der Waals surface area contributed by atoms with Gasteiger partial charge in [0.15, 0.2) is 5.65 Å². The molecular weight excluding hydrogens is 358 g/mol. The van der Waals surface area contributed by atoms with Gasteiger partial charge in [-0.1, -0.05) is 11.6 Å². The van der Waals surface area contributed by atoms with Crippen LogP contribution in [0.5, 0.6) is 0 Å². The van der Waals surface area contributed by atoms with Crippen molar-refractivity contribution >= 4 is 33.5 Å². The summed E-state index contributed by atoms with van der Waals surface area (Å²) < 4.78 is 1.11. The monoisotopic (exact) mass is 369 g/mol. The second kappa shape index (κ2) is 6.16. The molecular formula is C17H12ClN5O3. The number of hydrogen-bond donors (Lipinski definition) is 3. The van der Waals surface area contributed by atoms with Crippen molar-refractivity contribution in [3.63, 3.8) is 0 Å². The van der Waals surface area contributed by atoms with Gasteiger partial charge in [-0.2, -0.15) is 4.68 Å². The third kappa shape index (κ3) is 2.76. The number of aromatic nitrogens is 4. The molecule has 3 aromatic heterocycles. The van der Waals surface area contributed by atoms with E-state index in [0.717, 1.165) is 10.1 Å². The van der Waals surface area contributed by atoms with Crippen molar-refractivity contribution in [2.45, 2.75) is 6.54 Å². The average molecular weight is 370 g/mol. The van der Waals surface area contributed by atoms with Crippen LogP contribution in [0.1, 0.15) is 5.56 Å². The van der Waals surface area contributed by atoms with Gasteiger partial charge in [-0.25, -0.2) is 9.78 Å². The number of fused-ring (bicyclic) bond motifs is 2. The number of nitrogens with one attached hydrogen (secondary N) is 3. The van der Waals surface area contributed by atoms with Gasteiger partial charge in [0.1, 0.15) is 0 Å². The molecule has 0 radical (unpaired) electrons. The number of pyridine rings is 2. The van der Waals surface area contributed by atoms with Crippen LogP contribution in [0.25, 0.3) is 21.9 Å². The summed E-state index contributed by atoms with van der Waals surface area (Å²) in [7, 11) is 0. The number of rotatable bonds is 3. The summed E-state index contributed by atoms with van der Waals surface area (Å²) >= 11 is 5.99. The van der Waals surface area contributed by atoms with E-state index in [9.17, 15) is 14.4 Å². The minimum atomic E-state index is -0.665. The van der Waals surface area contributed by atoms with E-state index in [0.29, 0.717) is 16.1 Å². The van der Waals surface area contributed by atoms with Crippen LogP contribution in [0.4, 0.5) is 0 Å². The van der Waals surface area contributed by atoms with Gasteiger partial charge >= 0.3 is 5.69 Å². The van der Waals surface area contributed by atoms with E-state index in [4.69, 9.17) is 11.6 Å². The van der Waals surface area contributed by atoms with Crippen molar-refractivity contribution in [2.24, 2.45) is 0 Å². The van der Waals surface area contributed by atoms with Crippen LogP contribution >= 0.6 is 11.6 Å². The number of benzene rings is 1. The zero-order valence-electron chi connectivity index (χ0n) is 13.2. The molecule has 0 aliphatic rings. The molecule has 0 saturated carbocycles. The highest BCUT2D eigenvalue weighted by atomic mass is 35.5. The Morgan fingerprint density at radius 2 is 1.92 bits per heavy atom. The first kappa shape index (κ1) is 16.1. The molecule has 0 amide bonds. The van der Waals surface area contributed by atoms with E-state index in [1.54, 1.807) is 36.4 Å². The van der Waals surface area contributed by atoms with Gasteiger partial charge in [-0.15, -0.1) is 0 Å². The van der Waals surface area contributed by atoms with E-state index >= 15 is 0 Å². The van der Waals surface area contributed by atoms with Crippen LogP contribution in [0, 0.1) is 0 Å². The molecule has 0 spiro atoms. The standard InChI is InChI=1S/C17H12ClN5O3/c18-11-3-4-13-9(7-11)6-10(15(24)21-13)8-20-23-14-12(2-1-5-19-14)16(25)22-17(23)26/h1-7,20H,8H2,(H,21,24)(H,22,25,26). The van der Waals surface area contributed by atoms with Crippen molar-refractivity contribution in [3.05, 3.63) is 84.4 Å². The maximum absolute atomic E-state index is 12.3.